The van der Waals surface area contributed by atoms with Gasteiger partial charge in [-0.05, 0) is 98.1 Å². The first kappa shape index (κ1) is 48.2. The van der Waals surface area contributed by atoms with Gasteiger partial charge in [0, 0.05) is 62.2 Å². The van der Waals surface area contributed by atoms with Gasteiger partial charge < -0.3 is 15.2 Å². The summed E-state index contributed by atoms with van der Waals surface area (Å²) in [4.78, 5) is 12.8. The molecule has 0 saturated heterocycles. The Morgan fingerprint density at radius 2 is 1.31 bits per heavy atom. The van der Waals surface area contributed by atoms with Crippen molar-refractivity contribution in [3.8, 4) is 33.8 Å². The first-order chi connectivity index (χ1) is 32.1. The average molecular weight is 1090 g/mol. The topological polar surface area (TPSA) is 65.7 Å². The quantitative estimate of drug-likeness (QED) is 0.0528. The molecular weight excluding hydrogens is 1050 g/mol. The summed E-state index contributed by atoms with van der Waals surface area (Å²) in [7, 11) is -2.82. The van der Waals surface area contributed by atoms with Gasteiger partial charge in [-0.25, -0.2) is 0 Å². The van der Waals surface area contributed by atoms with E-state index in [1.54, 1.807) is 24.4 Å². The maximum absolute atomic E-state index is 14.6. The molecule has 12 heteroatoms. The van der Waals surface area contributed by atoms with Crippen molar-refractivity contribution in [2.24, 2.45) is 0 Å². The Morgan fingerprint density at radius 1 is 0.657 bits per heavy atom. The van der Waals surface area contributed by atoms with Crippen molar-refractivity contribution in [1.82, 2.24) is 25.1 Å². The van der Waals surface area contributed by atoms with Crippen molar-refractivity contribution in [3.63, 3.8) is 0 Å². The van der Waals surface area contributed by atoms with E-state index in [9.17, 15) is 22.0 Å². The summed E-state index contributed by atoms with van der Waals surface area (Å²) in [6.45, 7) is 4.47. The van der Waals surface area contributed by atoms with E-state index in [4.69, 9.17) is 0 Å². The van der Waals surface area contributed by atoms with Gasteiger partial charge in [-0.2, -0.15) is 13.2 Å². The standard InChI is InChI=1S/C46H39F2N2Si.C9H5F3N3.Ir/c1-3-34(36-26-28-50-45(30-36)43-25-22-38(47)31-44(43)48)29-33(2)35-20-23-41(24-21-35)51(39-14-6-4-7-15-39,40-16-8-5-9-17-40)46-19-11-10-18-42(46)37-13-12-27-49-32-37;10-9(11,12)8-5-7(14-15-8)6-3-1-2-4-13-6;/h4-24,26-28,30-34H,3,29H2,1-2H3;1-5H;/q2*-1;. The third kappa shape index (κ3) is 10.8. The van der Waals surface area contributed by atoms with E-state index in [2.05, 4.69) is 160 Å². The van der Waals surface area contributed by atoms with E-state index >= 15 is 0 Å². The molecule has 339 valence electrons. The molecule has 5 nitrogen and oxygen atoms in total. The molecule has 0 amide bonds. The van der Waals surface area contributed by atoms with Crippen LogP contribution in [0.15, 0.2) is 195 Å². The van der Waals surface area contributed by atoms with Crippen molar-refractivity contribution >= 4 is 28.8 Å². The first-order valence-electron chi connectivity index (χ1n) is 21.6. The number of pyridine rings is 3. The molecule has 2 unspecified atom stereocenters. The molecule has 0 aliphatic carbocycles. The van der Waals surface area contributed by atoms with Crippen LogP contribution in [0.4, 0.5) is 22.0 Å². The van der Waals surface area contributed by atoms with Gasteiger partial charge in [0.05, 0.1) is 0 Å². The zero-order valence-corrected chi connectivity index (χ0v) is 39.9. The Bertz CT molecular complexity index is 2930. The van der Waals surface area contributed by atoms with Crippen LogP contribution >= 0.6 is 0 Å². The fourth-order valence-electron chi connectivity index (χ4n) is 8.64. The molecule has 9 rings (SSSR count). The van der Waals surface area contributed by atoms with Crippen LogP contribution < -0.4 is 25.8 Å². The predicted octanol–water partition coefficient (Wildman–Crippen LogP) is 11.1. The molecule has 0 spiro atoms. The number of aromatic nitrogens is 5. The minimum atomic E-state index is -4.46. The van der Waals surface area contributed by atoms with E-state index < -0.39 is 31.6 Å². The van der Waals surface area contributed by atoms with Crippen molar-refractivity contribution in [2.75, 3.05) is 0 Å². The van der Waals surface area contributed by atoms with Gasteiger partial charge in [0.25, 0.3) is 0 Å². The smallest absolute Gasteiger partial charge is 0.431 e. The third-order valence-electron chi connectivity index (χ3n) is 11.9. The second kappa shape index (κ2) is 21.7. The molecule has 0 fully saturated rings. The number of halogens is 5. The van der Waals surface area contributed by atoms with Crippen molar-refractivity contribution in [3.05, 3.63) is 229 Å². The zero-order valence-electron chi connectivity index (χ0n) is 36.5. The second-order valence-electron chi connectivity index (χ2n) is 16.0. The Morgan fingerprint density at radius 3 is 1.93 bits per heavy atom. The molecular formula is C55H44F5IrN5Si-2. The summed E-state index contributed by atoms with van der Waals surface area (Å²) in [5.74, 6) is -0.806. The monoisotopic (exact) mass is 1090 g/mol. The van der Waals surface area contributed by atoms with Crippen LogP contribution in [0.25, 0.3) is 33.8 Å². The summed E-state index contributed by atoms with van der Waals surface area (Å²) in [5, 5.41) is 11.8. The minimum Gasteiger partial charge on any atom is -0.573 e. The molecule has 1 radical (unpaired) electrons. The molecule has 2 atom stereocenters. The molecule has 0 aliphatic heterocycles. The van der Waals surface area contributed by atoms with E-state index in [1.807, 2.05) is 30.6 Å². The Balaban J connectivity index is 0.000000353. The Labute approximate surface area is 401 Å². The molecule has 4 heterocycles. The van der Waals surface area contributed by atoms with Crippen molar-refractivity contribution in [2.45, 2.75) is 44.7 Å². The molecule has 67 heavy (non-hydrogen) atoms. The Kier molecular flexibility index (Phi) is 15.6. The van der Waals surface area contributed by atoms with Crippen LogP contribution in [-0.2, 0) is 26.3 Å². The van der Waals surface area contributed by atoms with Crippen LogP contribution in [0.5, 0.6) is 0 Å². The molecule has 9 aromatic rings. The molecule has 0 aliphatic rings. The van der Waals surface area contributed by atoms with Gasteiger partial charge in [0.1, 0.15) is 5.69 Å². The molecule has 5 aromatic carbocycles. The van der Waals surface area contributed by atoms with Gasteiger partial charge in [0.15, 0.2) is 8.07 Å². The van der Waals surface area contributed by atoms with E-state index in [0.29, 0.717) is 11.4 Å². The largest absolute Gasteiger partial charge is 0.573 e. The zero-order chi connectivity index (χ0) is 46.1. The molecule has 0 bridgehead atoms. The fourth-order valence-corrected chi connectivity index (χ4v) is 13.6. The number of hydrogen-bond acceptors (Lipinski definition) is 4. The maximum atomic E-state index is 14.6. The number of hydrogen-bond donors (Lipinski definition) is 0. The fraction of sp³-hybridized carbons (Fsp3) is 0.127. The summed E-state index contributed by atoms with van der Waals surface area (Å²) >= 11 is 0. The van der Waals surface area contributed by atoms with E-state index in [0.717, 1.165) is 42.2 Å². The normalized spacial score (nSPS) is 12.3. The number of rotatable bonds is 12. The van der Waals surface area contributed by atoms with Gasteiger partial charge in [-0.15, -0.1) is 12.1 Å². The summed E-state index contributed by atoms with van der Waals surface area (Å²) in [6.07, 6.45) is 4.36. The molecule has 0 saturated carbocycles. The second-order valence-corrected chi connectivity index (χ2v) is 19.7. The van der Waals surface area contributed by atoms with Gasteiger partial charge in [0.2, 0.25) is 0 Å². The van der Waals surface area contributed by atoms with Gasteiger partial charge in [-0.1, -0.05) is 164 Å². The van der Waals surface area contributed by atoms with Gasteiger partial charge >= 0.3 is 6.18 Å². The summed E-state index contributed by atoms with van der Waals surface area (Å²) in [5.41, 5.74) is 4.83. The molecule has 0 N–H and O–H groups in total. The van der Waals surface area contributed by atoms with Crippen LogP contribution in [0, 0.1) is 17.7 Å². The van der Waals surface area contributed by atoms with Crippen LogP contribution in [0.2, 0.25) is 0 Å². The van der Waals surface area contributed by atoms with Gasteiger partial charge in [-0.3, -0.25) is 18.7 Å². The van der Waals surface area contributed by atoms with Crippen molar-refractivity contribution in [1.29, 1.82) is 0 Å². The van der Waals surface area contributed by atoms with Crippen LogP contribution in [0.1, 0.15) is 55.3 Å². The molecule has 4 aromatic heterocycles. The van der Waals surface area contributed by atoms with Crippen molar-refractivity contribution < 1.29 is 42.1 Å². The first-order valence-corrected chi connectivity index (χ1v) is 23.6. The SMILES string of the molecule is CCC(CC(C)c1ccc([Si](c2ccccc2)(c2ccccc2)c2ccccc2-c2cccnc2)cc1)c1ccnc(-c2[c-]cc(F)cc2F)c1.FC(F)(F)c1cc(-c2ccccn2)[n-]n1.[Ir]. The third-order valence-corrected chi connectivity index (χ3v) is 16.7. The summed E-state index contributed by atoms with van der Waals surface area (Å²) < 4.78 is 64.8. The van der Waals surface area contributed by atoms with Crippen LogP contribution in [0.3, 0.4) is 0 Å². The maximum Gasteiger partial charge on any atom is 0.431 e. The summed E-state index contributed by atoms with van der Waals surface area (Å²) in [6, 6.07) is 58.8. The van der Waals surface area contributed by atoms with E-state index in [-0.39, 0.29) is 43.2 Å². The average Bonchev–Trinajstić information content (AvgIpc) is 3.88. The Hall–Kier alpha value is -6.72. The van der Waals surface area contributed by atoms with E-state index in [1.165, 1.54) is 38.1 Å². The number of nitrogens with zero attached hydrogens (tertiary/aromatic N) is 5. The minimum absolute atomic E-state index is 0. The van der Waals surface area contributed by atoms with Crippen LogP contribution in [-0.4, -0.2) is 28.1 Å². The predicted molar refractivity (Wildman–Crippen MR) is 254 cm³/mol. The number of benzene rings is 5. The number of alkyl halides is 3.